The van der Waals surface area contributed by atoms with Crippen molar-refractivity contribution in [3.63, 3.8) is 0 Å². The van der Waals surface area contributed by atoms with Gasteiger partial charge in [-0.25, -0.2) is 4.79 Å². The number of carboxylic acid groups (broad SMARTS) is 1. The first kappa shape index (κ1) is 13.2. The van der Waals surface area contributed by atoms with Gasteiger partial charge in [0.1, 0.15) is 0 Å². The van der Waals surface area contributed by atoms with E-state index in [9.17, 15) is 9.59 Å². The molecule has 2 amide bonds. The van der Waals surface area contributed by atoms with E-state index in [0.29, 0.717) is 12.0 Å². The van der Waals surface area contributed by atoms with Crippen molar-refractivity contribution in [3.05, 3.63) is 0 Å². The van der Waals surface area contributed by atoms with E-state index in [0.717, 1.165) is 38.5 Å². The zero-order valence-electron chi connectivity index (χ0n) is 10.9. The Balaban J connectivity index is 1.85. The molecule has 2 rings (SSSR count). The first-order valence-corrected chi connectivity index (χ1v) is 6.85. The number of carboxylic acids is 1. The van der Waals surface area contributed by atoms with Gasteiger partial charge in [0.25, 0.3) is 0 Å². The number of hydrogen-bond acceptors (Lipinski definition) is 2. The maximum atomic E-state index is 11.9. The Kier molecular flexibility index (Phi) is 3.78. The van der Waals surface area contributed by atoms with Crippen LogP contribution in [0.4, 0.5) is 4.79 Å². The third kappa shape index (κ3) is 3.15. The fourth-order valence-corrected chi connectivity index (χ4v) is 3.01. The van der Waals surface area contributed by atoms with Crippen molar-refractivity contribution < 1.29 is 14.7 Å². The second kappa shape index (κ2) is 5.16. The number of nitrogens with one attached hydrogen (secondary N) is 2. The first-order chi connectivity index (χ1) is 8.54. The Hall–Kier alpha value is -1.26. The minimum atomic E-state index is -0.838. The van der Waals surface area contributed by atoms with Crippen LogP contribution in [0.5, 0.6) is 0 Å². The van der Waals surface area contributed by atoms with Gasteiger partial charge in [0.15, 0.2) is 0 Å². The highest BCUT2D eigenvalue weighted by atomic mass is 16.4. The molecular weight excluding hydrogens is 232 g/mol. The predicted molar refractivity (Wildman–Crippen MR) is 67.3 cm³/mol. The maximum Gasteiger partial charge on any atom is 0.315 e. The van der Waals surface area contributed by atoms with Crippen molar-refractivity contribution in [2.24, 2.45) is 5.92 Å². The second-order valence-electron chi connectivity index (χ2n) is 5.67. The molecule has 2 unspecified atom stereocenters. The van der Waals surface area contributed by atoms with Crippen molar-refractivity contribution in [1.29, 1.82) is 0 Å². The van der Waals surface area contributed by atoms with Gasteiger partial charge < -0.3 is 15.7 Å². The lowest BCUT2D eigenvalue weighted by Crippen LogP contribution is -2.52. The van der Waals surface area contributed by atoms with Gasteiger partial charge in [-0.15, -0.1) is 0 Å². The molecule has 0 radical (unpaired) electrons. The van der Waals surface area contributed by atoms with Crippen LogP contribution < -0.4 is 10.6 Å². The Bertz CT molecular complexity index is 337. The Labute approximate surface area is 107 Å². The number of hydrogen-bond donors (Lipinski definition) is 3. The first-order valence-electron chi connectivity index (χ1n) is 6.85. The van der Waals surface area contributed by atoms with Crippen molar-refractivity contribution >= 4 is 12.0 Å². The van der Waals surface area contributed by atoms with E-state index < -0.39 is 11.5 Å². The van der Waals surface area contributed by atoms with Gasteiger partial charge in [-0.3, -0.25) is 4.79 Å². The van der Waals surface area contributed by atoms with Crippen LogP contribution in [-0.2, 0) is 4.79 Å². The van der Waals surface area contributed by atoms with Gasteiger partial charge in [-0.05, 0) is 25.2 Å². The quantitative estimate of drug-likeness (QED) is 0.701. The van der Waals surface area contributed by atoms with Crippen LogP contribution in [0.3, 0.4) is 0 Å². The minimum absolute atomic E-state index is 0.0301. The van der Waals surface area contributed by atoms with Crippen molar-refractivity contribution in [3.8, 4) is 0 Å². The lowest BCUT2D eigenvalue weighted by Gasteiger charge is -2.28. The highest BCUT2D eigenvalue weighted by Crippen LogP contribution is 2.34. The molecule has 3 N–H and O–H groups in total. The second-order valence-corrected chi connectivity index (χ2v) is 5.67. The van der Waals surface area contributed by atoms with Crippen LogP contribution in [-0.4, -0.2) is 28.7 Å². The van der Waals surface area contributed by atoms with E-state index in [2.05, 4.69) is 17.6 Å². The molecule has 0 aliphatic heterocycles. The molecule has 0 aromatic carbocycles. The summed E-state index contributed by atoms with van der Waals surface area (Å²) in [7, 11) is 0. The Morgan fingerprint density at radius 3 is 2.50 bits per heavy atom. The molecule has 2 saturated carbocycles. The molecule has 0 spiro atoms. The summed E-state index contributed by atoms with van der Waals surface area (Å²) < 4.78 is 0. The standard InChI is InChI=1S/C13H22N2O3/c1-2-9-7-10(9)14-12(18)15-13(8-11(16)17)5-3-4-6-13/h9-10H,2-8H2,1H3,(H,16,17)(H2,14,15,18). The van der Waals surface area contributed by atoms with Crippen LogP contribution in [0, 0.1) is 5.92 Å². The summed E-state index contributed by atoms with van der Waals surface area (Å²) in [5.74, 6) is -0.232. The summed E-state index contributed by atoms with van der Waals surface area (Å²) in [6.07, 6.45) is 5.70. The summed E-state index contributed by atoms with van der Waals surface area (Å²) in [4.78, 5) is 22.8. The molecule has 0 heterocycles. The normalized spacial score (nSPS) is 28.7. The molecule has 2 aliphatic rings. The van der Waals surface area contributed by atoms with Crippen LogP contribution >= 0.6 is 0 Å². The van der Waals surface area contributed by atoms with Gasteiger partial charge in [0.05, 0.1) is 12.0 Å². The minimum Gasteiger partial charge on any atom is -0.481 e. The number of amides is 2. The van der Waals surface area contributed by atoms with Gasteiger partial charge in [-0.2, -0.15) is 0 Å². The molecule has 2 fully saturated rings. The molecule has 0 aromatic heterocycles. The SMILES string of the molecule is CCC1CC1NC(=O)NC1(CC(=O)O)CCCC1. The summed E-state index contributed by atoms with van der Waals surface area (Å²) >= 11 is 0. The highest BCUT2D eigenvalue weighted by molar-refractivity contribution is 5.77. The zero-order chi connectivity index (χ0) is 13.2. The van der Waals surface area contributed by atoms with E-state index in [1.165, 1.54) is 0 Å². The number of aliphatic carboxylic acids is 1. The number of rotatable bonds is 5. The molecule has 0 aromatic rings. The van der Waals surface area contributed by atoms with Crippen LogP contribution in [0.1, 0.15) is 51.9 Å². The van der Waals surface area contributed by atoms with Crippen molar-refractivity contribution in [1.82, 2.24) is 10.6 Å². The van der Waals surface area contributed by atoms with E-state index in [4.69, 9.17) is 5.11 Å². The summed E-state index contributed by atoms with van der Waals surface area (Å²) in [5, 5.41) is 14.8. The van der Waals surface area contributed by atoms with Gasteiger partial charge in [0, 0.05) is 6.04 Å². The number of carbonyl (C=O) groups excluding carboxylic acids is 1. The van der Waals surface area contributed by atoms with E-state index in [-0.39, 0.29) is 12.5 Å². The van der Waals surface area contributed by atoms with Gasteiger partial charge in [0.2, 0.25) is 0 Å². The van der Waals surface area contributed by atoms with E-state index in [1.54, 1.807) is 0 Å². The van der Waals surface area contributed by atoms with Crippen LogP contribution in [0.25, 0.3) is 0 Å². The molecule has 5 nitrogen and oxygen atoms in total. The van der Waals surface area contributed by atoms with Crippen molar-refractivity contribution in [2.75, 3.05) is 0 Å². The molecule has 102 valence electrons. The molecule has 18 heavy (non-hydrogen) atoms. The largest absolute Gasteiger partial charge is 0.481 e. The molecule has 2 atom stereocenters. The van der Waals surface area contributed by atoms with Gasteiger partial charge >= 0.3 is 12.0 Å². The fourth-order valence-electron chi connectivity index (χ4n) is 3.01. The molecule has 0 bridgehead atoms. The zero-order valence-corrected chi connectivity index (χ0v) is 10.9. The topological polar surface area (TPSA) is 78.4 Å². The lowest BCUT2D eigenvalue weighted by molar-refractivity contribution is -0.138. The maximum absolute atomic E-state index is 11.9. The van der Waals surface area contributed by atoms with Gasteiger partial charge in [-0.1, -0.05) is 26.2 Å². The molecule has 2 aliphatic carbocycles. The third-order valence-electron chi connectivity index (χ3n) is 4.19. The Morgan fingerprint density at radius 1 is 1.33 bits per heavy atom. The summed E-state index contributed by atoms with van der Waals surface area (Å²) in [6.45, 7) is 2.12. The van der Waals surface area contributed by atoms with Crippen molar-refractivity contribution in [2.45, 2.75) is 63.5 Å². The van der Waals surface area contributed by atoms with Crippen LogP contribution in [0.15, 0.2) is 0 Å². The average Bonchev–Trinajstić information content (AvgIpc) is 2.87. The summed E-state index contributed by atoms with van der Waals surface area (Å²) in [6, 6.07) is 0.0948. The monoisotopic (exact) mass is 254 g/mol. The average molecular weight is 254 g/mol. The van der Waals surface area contributed by atoms with E-state index >= 15 is 0 Å². The number of urea groups is 1. The molecular formula is C13H22N2O3. The fraction of sp³-hybridized carbons (Fsp3) is 0.846. The molecule has 5 heteroatoms. The highest BCUT2D eigenvalue weighted by Gasteiger charge is 2.40. The number of carbonyl (C=O) groups is 2. The summed E-state index contributed by atoms with van der Waals surface area (Å²) in [5.41, 5.74) is -0.521. The predicted octanol–water partition coefficient (Wildman–Crippen LogP) is 1.87. The third-order valence-corrected chi connectivity index (χ3v) is 4.19. The van der Waals surface area contributed by atoms with E-state index in [1.807, 2.05) is 0 Å². The molecule has 0 saturated heterocycles. The van der Waals surface area contributed by atoms with Crippen LogP contribution in [0.2, 0.25) is 0 Å². The lowest BCUT2D eigenvalue weighted by atomic mass is 9.93. The smallest absolute Gasteiger partial charge is 0.315 e. The Morgan fingerprint density at radius 2 is 2.00 bits per heavy atom.